The summed E-state index contributed by atoms with van der Waals surface area (Å²) < 4.78 is 0. The van der Waals surface area contributed by atoms with Crippen molar-refractivity contribution in [2.45, 2.75) is 38.5 Å². The normalized spacial score (nSPS) is 33.6. The molecule has 2 amide bonds. The number of pyridine rings is 1. The Balaban J connectivity index is 1.33. The fraction of sp³-hybridized carbons (Fsp3) is 0.526. The predicted molar refractivity (Wildman–Crippen MR) is 90.2 cm³/mol. The Morgan fingerprint density at radius 2 is 1.75 bits per heavy atom. The summed E-state index contributed by atoms with van der Waals surface area (Å²) in [4.78, 5) is 28.6. The van der Waals surface area contributed by atoms with Gasteiger partial charge in [-0.05, 0) is 74.0 Å². The summed E-state index contributed by atoms with van der Waals surface area (Å²) in [5, 5.41) is 0. The molecule has 1 aromatic rings. The average molecular weight is 325 g/mol. The maximum absolute atomic E-state index is 12.7. The van der Waals surface area contributed by atoms with E-state index >= 15 is 0 Å². The Kier molecular flexibility index (Phi) is 3.87. The second-order valence-corrected chi connectivity index (χ2v) is 7.76. The van der Waals surface area contributed by atoms with E-state index in [1.54, 1.807) is 18.5 Å². The minimum absolute atomic E-state index is 0.00438. The van der Waals surface area contributed by atoms with Crippen LogP contribution >= 0.6 is 0 Å². The van der Waals surface area contributed by atoms with E-state index in [1.165, 1.54) is 25.3 Å². The number of rotatable bonds is 3. The van der Waals surface area contributed by atoms with Crippen LogP contribution in [0, 0.1) is 23.2 Å². The van der Waals surface area contributed by atoms with E-state index in [-0.39, 0.29) is 17.2 Å². The predicted octanol–water partition coefficient (Wildman–Crippen LogP) is 2.46. The number of nitrogens with one attached hydrogen (secondary N) is 2. The summed E-state index contributed by atoms with van der Waals surface area (Å²) in [7, 11) is 0. The zero-order valence-electron chi connectivity index (χ0n) is 13.7. The summed E-state index contributed by atoms with van der Waals surface area (Å²) in [6.07, 6.45) is 13.3. The van der Waals surface area contributed by atoms with Crippen molar-refractivity contribution in [2.24, 2.45) is 23.2 Å². The Hall–Kier alpha value is -2.17. The Morgan fingerprint density at radius 1 is 1.08 bits per heavy atom. The average Bonchev–Trinajstić information content (AvgIpc) is 2.57. The highest BCUT2D eigenvalue weighted by atomic mass is 16.2. The van der Waals surface area contributed by atoms with Gasteiger partial charge in [-0.1, -0.05) is 6.07 Å². The summed E-state index contributed by atoms with van der Waals surface area (Å²) in [5.74, 6) is 1.82. The van der Waals surface area contributed by atoms with Gasteiger partial charge in [0.05, 0.1) is 5.41 Å². The van der Waals surface area contributed by atoms with Gasteiger partial charge in [-0.15, -0.1) is 0 Å². The van der Waals surface area contributed by atoms with Gasteiger partial charge >= 0.3 is 0 Å². The molecule has 0 unspecified atom stereocenters. The first kappa shape index (κ1) is 15.4. The number of hydrazine groups is 1. The second-order valence-electron chi connectivity index (χ2n) is 7.76. The Morgan fingerprint density at radius 3 is 2.33 bits per heavy atom. The van der Waals surface area contributed by atoms with E-state index < -0.39 is 0 Å². The highest BCUT2D eigenvalue weighted by molar-refractivity contribution is 5.93. The molecule has 0 aliphatic heterocycles. The first-order valence-corrected chi connectivity index (χ1v) is 8.81. The molecule has 5 nitrogen and oxygen atoms in total. The molecule has 0 spiro atoms. The molecule has 5 heteroatoms. The zero-order valence-corrected chi connectivity index (χ0v) is 13.7. The molecule has 4 saturated carbocycles. The second kappa shape index (κ2) is 6.04. The molecule has 4 fully saturated rings. The van der Waals surface area contributed by atoms with Crippen LogP contribution in [0.4, 0.5) is 0 Å². The molecule has 0 saturated heterocycles. The van der Waals surface area contributed by atoms with Crippen molar-refractivity contribution >= 4 is 17.9 Å². The first-order valence-electron chi connectivity index (χ1n) is 8.81. The van der Waals surface area contributed by atoms with Gasteiger partial charge in [0, 0.05) is 18.5 Å². The van der Waals surface area contributed by atoms with Crippen LogP contribution in [-0.4, -0.2) is 16.8 Å². The van der Waals surface area contributed by atoms with Gasteiger partial charge in [-0.2, -0.15) is 0 Å². The highest BCUT2D eigenvalue weighted by Crippen LogP contribution is 2.59. The van der Waals surface area contributed by atoms with Gasteiger partial charge in [0.25, 0.3) is 5.91 Å². The maximum Gasteiger partial charge on any atom is 0.262 e. The number of carbonyl (C=O) groups excluding carboxylic acids is 2. The van der Waals surface area contributed by atoms with Gasteiger partial charge in [-0.3, -0.25) is 25.4 Å². The van der Waals surface area contributed by atoms with E-state index in [1.807, 2.05) is 12.1 Å². The molecule has 0 aromatic carbocycles. The SMILES string of the molecule is O=C(/C=C\c1cccnc1)NNC(=O)C12CC3CC(CC(C3)C1)C2. The summed E-state index contributed by atoms with van der Waals surface area (Å²) in [6.45, 7) is 0. The lowest BCUT2D eigenvalue weighted by molar-refractivity contribution is -0.148. The fourth-order valence-corrected chi connectivity index (χ4v) is 5.33. The van der Waals surface area contributed by atoms with Crippen LogP contribution in [0.1, 0.15) is 44.1 Å². The standard InChI is InChI=1S/C19H23N3O2/c23-17(4-3-13-2-1-5-20-12-13)21-22-18(24)19-9-14-6-15(10-19)8-16(7-14)11-19/h1-5,12,14-16H,6-11H2,(H,21,23)(H,22,24)/b4-3-. The number of carbonyl (C=O) groups is 2. The molecule has 4 aliphatic carbocycles. The van der Waals surface area contributed by atoms with Crippen molar-refractivity contribution in [1.29, 1.82) is 0 Å². The summed E-state index contributed by atoms with van der Waals surface area (Å²) >= 11 is 0. The van der Waals surface area contributed by atoms with Gasteiger partial charge in [0.2, 0.25) is 5.91 Å². The van der Waals surface area contributed by atoms with E-state index in [4.69, 9.17) is 0 Å². The number of nitrogens with zero attached hydrogens (tertiary/aromatic N) is 1. The molecular formula is C19H23N3O2. The number of hydrogen-bond donors (Lipinski definition) is 2. The zero-order chi connectivity index (χ0) is 16.6. The largest absolute Gasteiger partial charge is 0.273 e. The van der Waals surface area contributed by atoms with Crippen LogP contribution in [0.3, 0.4) is 0 Å². The molecule has 24 heavy (non-hydrogen) atoms. The molecule has 2 N–H and O–H groups in total. The van der Waals surface area contributed by atoms with Crippen LogP contribution in [0.15, 0.2) is 30.6 Å². The van der Waals surface area contributed by atoms with Gasteiger partial charge in [0.1, 0.15) is 0 Å². The molecule has 4 bridgehead atoms. The molecule has 0 radical (unpaired) electrons. The smallest absolute Gasteiger partial charge is 0.262 e. The van der Waals surface area contributed by atoms with Crippen LogP contribution in [-0.2, 0) is 9.59 Å². The third-order valence-corrected chi connectivity index (χ3v) is 5.93. The van der Waals surface area contributed by atoms with Crippen LogP contribution < -0.4 is 10.9 Å². The van der Waals surface area contributed by atoms with Gasteiger partial charge < -0.3 is 0 Å². The highest BCUT2D eigenvalue weighted by Gasteiger charge is 2.54. The van der Waals surface area contributed by atoms with Crippen molar-refractivity contribution in [1.82, 2.24) is 15.8 Å². The summed E-state index contributed by atoms with van der Waals surface area (Å²) in [5.41, 5.74) is 5.81. The Bertz CT molecular complexity index is 633. The molecule has 1 heterocycles. The first-order chi connectivity index (χ1) is 11.6. The quantitative estimate of drug-likeness (QED) is 0.662. The number of aromatic nitrogens is 1. The molecular weight excluding hydrogens is 302 g/mol. The molecule has 5 rings (SSSR count). The van der Waals surface area contributed by atoms with Gasteiger partial charge in [-0.25, -0.2) is 0 Å². The van der Waals surface area contributed by atoms with E-state index in [0.29, 0.717) is 17.8 Å². The van der Waals surface area contributed by atoms with Crippen molar-refractivity contribution in [2.75, 3.05) is 0 Å². The molecule has 4 aliphatic rings. The lowest BCUT2D eigenvalue weighted by Crippen LogP contribution is -2.56. The van der Waals surface area contributed by atoms with Crippen molar-refractivity contribution < 1.29 is 9.59 Å². The number of amides is 2. The van der Waals surface area contributed by atoms with E-state index in [9.17, 15) is 9.59 Å². The third kappa shape index (κ3) is 2.95. The minimum atomic E-state index is -0.322. The monoisotopic (exact) mass is 325 g/mol. The molecule has 1 aromatic heterocycles. The van der Waals surface area contributed by atoms with E-state index in [2.05, 4.69) is 15.8 Å². The molecule has 126 valence electrons. The van der Waals surface area contributed by atoms with Crippen LogP contribution in [0.5, 0.6) is 0 Å². The lowest BCUT2D eigenvalue weighted by Gasteiger charge is -2.55. The van der Waals surface area contributed by atoms with Crippen molar-refractivity contribution in [3.05, 3.63) is 36.2 Å². The minimum Gasteiger partial charge on any atom is -0.273 e. The van der Waals surface area contributed by atoms with Crippen LogP contribution in [0.2, 0.25) is 0 Å². The van der Waals surface area contributed by atoms with Gasteiger partial charge in [0.15, 0.2) is 0 Å². The fourth-order valence-electron chi connectivity index (χ4n) is 5.33. The lowest BCUT2D eigenvalue weighted by atomic mass is 9.49. The van der Waals surface area contributed by atoms with Crippen molar-refractivity contribution in [3.8, 4) is 0 Å². The maximum atomic E-state index is 12.7. The van der Waals surface area contributed by atoms with E-state index in [0.717, 1.165) is 24.8 Å². The number of hydrogen-bond acceptors (Lipinski definition) is 3. The third-order valence-electron chi connectivity index (χ3n) is 5.93. The van der Waals surface area contributed by atoms with Crippen LogP contribution in [0.25, 0.3) is 6.08 Å². The molecule has 0 atom stereocenters. The topological polar surface area (TPSA) is 71.1 Å². The van der Waals surface area contributed by atoms with Crippen molar-refractivity contribution in [3.63, 3.8) is 0 Å². The Labute approximate surface area is 141 Å². The summed E-state index contributed by atoms with van der Waals surface area (Å²) in [6, 6.07) is 3.68.